The van der Waals surface area contributed by atoms with E-state index in [2.05, 4.69) is 5.32 Å². The lowest BCUT2D eigenvalue weighted by atomic mass is 9.87. The van der Waals surface area contributed by atoms with Crippen molar-refractivity contribution in [3.8, 4) is 0 Å². The van der Waals surface area contributed by atoms with E-state index in [-0.39, 0.29) is 28.5 Å². The lowest BCUT2D eigenvalue weighted by Crippen LogP contribution is -2.52. The molecule has 0 aliphatic carbocycles. The third kappa shape index (κ3) is 4.31. The molecule has 2 aliphatic rings. The second kappa shape index (κ2) is 8.85. The Balaban J connectivity index is 1.58. The topological polar surface area (TPSA) is 66.5 Å². The summed E-state index contributed by atoms with van der Waals surface area (Å²) in [6.45, 7) is 2.95. The first kappa shape index (κ1) is 23.9. The number of halogens is 4. The standard InChI is InChI=1S/C25H24F4N2O3/c1-13-9-17(4-8-21(13)26)30-23(33)15-3-7-22(27)20(12-15)25(28,29)24(34)31-18-5-6-19(31)11-16(10-18)14(2)32/h3-4,7-9,12,16,18-19H,5-6,10-11H2,1-2H3,(H,30,33)/t16?,18-,19+. The van der Waals surface area contributed by atoms with Gasteiger partial charge in [-0.15, -0.1) is 0 Å². The second-order valence-electron chi connectivity index (χ2n) is 9.06. The average molecular weight is 476 g/mol. The fourth-order valence-electron chi connectivity index (χ4n) is 4.95. The number of aryl methyl sites for hydroxylation is 1. The van der Waals surface area contributed by atoms with Crippen LogP contribution in [0.15, 0.2) is 36.4 Å². The van der Waals surface area contributed by atoms with Crippen molar-refractivity contribution in [1.29, 1.82) is 0 Å². The van der Waals surface area contributed by atoms with Gasteiger partial charge in [-0.2, -0.15) is 8.78 Å². The minimum atomic E-state index is -4.20. The first-order valence-corrected chi connectivity index (χ1v) is 11.1. The summed E-state index contributed by atoms with van der Waals surface area (Å²) in [5, 5.41) is 2.46. The molecule has 1 N–H and O–H groups in total. The molecule has 3 atom stereocenters. The van der Waals surface area contributed by atoms with Crippen LogP contribution < -0.4 is 5.32 Å². The van der Waals surface area contributed by atoms with Crippen molar-refractivity contribution >= 4 is 23.3 Å². The van der Waals surface area contributed by atoms with Gasteiger partial charge in [-0.05, 0) is 81.5 Å². The number of anilines is 1. The Morgan fingerprint density at radius 2 is 1.59 bits per heavy atom. The van der Waals surface area contributed by atoms with Gasteiger partial charge in [-0.3, -0.25) is 14.4 Å². The normalized spacial score (nSPS) is 21.9. The summed E-state index contributed by atoms with van der Waals surface area (Å²) in [6.07, 6.45) is 1.65. The highest BCUT2D eigenvalue weighted by atomic mass is 19.3. The number of amides is 2. The molecule has 34 heavy (non-hydrogen) atoms. The number of fused-ring (bicyclic) bond motifs is 2. The van der Waals surface area contributed by atoms with E-state index in [1.165, 1.54) is 26.0 Å². The van der Waals surface area contributed by atoms with Crippen molar-refractivity contribution in [2.24, 2.45) is 5.92 Å². The molecule has 0 aromatic heterocycles. The van der Waals surface area contributed by atoms with E-state index in [0.717, 1.165) is 23.1 Å². The molecule has 4 rings (SSSR count). The predicted molar refractivity (Wildman–Crippen MR) is 116 cm³/mol. The van der Waals surface area contributed by atoms with Crippen molar-refractivity contribution in [1.82, 2.24) is 4.90 Å². The number of rotatable bonds is 5. The van der Waals surface area contributed by atoms with Gasteiger partial charge in [0.05, 0.1) is 5.56 Å². The third-order valence-corrected chi connectivity index (χ3v) is 6.79. The Kier molecular flexibility index (Phi) is 6.22. The number of Topliss-reactive ketones (excluding diaryl/α,β-unsaturated/α-hetero) is 1. The Bertz CT molecular complexity index is 1150. The van der Waals surface area contributed by atoms with E-state index in [4.69, 9.17) is 0 Å². The van der Waals surface area contributed by atoms with Crippen LogP contribution in [0.3, 0.4) is 0 Å². The average Bonchev–Trinajstić information content (AvgIpc) is 3.04. The molecule has 2 fully saturated rings. The summed E-state index contributed by atoms with van der Waals surface area (Å²) in [5.74, 6) is -8.60. The molecule has 0 spiro atoms. The maximum Gasteiger partial charge on any atom is 0.352 e. The summed E-state index contributed by atoms with van der Waals surface area (Å²) < 4.78 is 58.6. The quantitative estimate of drug-likeness (QED) is 0.620. The maximum absolute atomic E-state index is 15.3. The molecule has 2 aliphatic heterocycles. The molecule has 1 unspecified atom stereocenters. The Hall–Kier alpha value is -3.23. The number of nitrogens with zero attached hydrogens (tertiary/aromatic N) is 1. The smallest absolute Gasteiger partial charge is 0.331 e. The minimum absolute atomic E-state index is 0.0307. The fourth-order valence-corrected chi connectivity index (χ4v) is 4.95. The summed E-state index contributed by atoms with van der Waals surface area (Å²) in [7, 11) is 0. The van der Waals surface area contributed by atoms with Gasteiger partial charge in [-0.25, -0.2) is 8.78 Å². The van der Waals surface area contributed by atoms with Gasteiger partial charge in [0.25, 0.3) is 11.8 Å². The van der Waals surface area contributed by atoms with Crippen LogP contribution in [0.25, 0.3) is 0 Å². The maximum atomic E-state index is 15.3. The van der Waals surface area contributed by atoms with Crippen molar-refractivity contribution in [3.63, 3.8) is 0 Å². The van der Waals surface area contributed by atoms with Gasteiger partial charge >= 0.3 is 5.92 Å². The zero-order valence-electron chi connectivity index (χ0n) is 18.7. The molecular weight excluding hydrogens is 452 g/mol. The molecule has 2 heterocycles. The molecule has 2 aromatic carbocycles. The molecule has 180 valence electrons. The largest absolute Gasteiger partial charge is 0.352 e. The molecule has 0 saturated carbocycles. The zero-order chi connectivity index (χ0) is 24.8. The molecule has 5 nitrogen and oxygen atoms in total. The lowest BCUT2D eigenvalue weighted by Gasteiger charge is -2.39. The molecule has 2 aromatic rings. The number of alkyl halides is 2. The summed E-state index contributed by atoms with van der Waals surface area (Å²) >= 11 is 0. The number of benzene rings is 2. The number of carbonyl (C=O) groups excluding carboxylic acids is 3. The van der Waals surface area contributed by atoms with Crippen molar-refractivity contribution in [2.75, 3.05) is 5.32 Å². The highest BCUT2D eigenvalue weighted by Gasteiger charge is 2.53. The van der Waals surface area contributed by atoms with E-state index in [9.17, 15) is 23.2 Å². The lowest BCUT2D eigenvalue weighted by molar-refractivity contribution is -0.165. The highest BCUT2D eigenvalue weighted by Crippen LogP contribution is 2.43. The van der Waals surface area contributed by atoms with E-state index in [1.807, 2.05) is 0 Å². The first-order valence-electron chi connectivity index (χ1n) is 11.1. The summed E-state index contributed by atoms with van der Waals surface area (Å²) in [6, 6.07) is 5.26. The summed E-state index contributed by atoms with van der Waals surface area (Å²) in [5.41, 5.74) is -0.946. The van der Waals surface area contributed by atoms with Crippen LogP contribution in [0.1, 0.15) is 54.1 Å². The Labute approximate surface area is 194 Å². The van der Waals surface area contributed by atoms with E-state index < -0.39 is 47.0 Å². The van der Waals surface area contributed by atoms with Gasteiger partial charge in [0.15, 0.2) is 0 Å². The van der Waals surface area contributed by atoms with E-state index in [1.54, 1.807) is 0 Å². The Morgan fingerprint density at radius 1 is 0.971 bits per heavy atom. The van der Waals surface area contributed by atoms with E-state index in [0.29, 0.717) is 31.7 Å². The third-order valence-electron chi connectivity index (χ3n) is 6.79. The van der Waals surface area contributed by atoms with Crippen molar-refractivity contribution in [3.05, 3.63) is 64.7 Å². The van der Waals surface area contributed by atoms with Gasteiger partial charge in [0.2, 0.25) is 0 Å². The molecule has 0 radical (unpaired) electrons. The SMILES string of the molecule is CC(=O)C1C[C@H]2CC[C@@H](C1)N2C(=O)C(F)(F)c1cc(C(=O)Nc2ccc(F)c(C)c2)ccc1F. The first-order chi connectivity index (χ1) is 16.0. The minimum Gasteiger partial charge on any atom is -0.331 e. The van der Waals surface area contributed by atoms with Crippen LogP contribution >= 0.6 is 0 Å². The number of hydrogen-bond donors (Lipinski definition) is 1. The van der Waals surface area contributed by atoms with Gasteiger partial charge in [-0.1, -0.05) is 0 Å². The molecule has 2 bridgehead atoms. The molecular formula is C25H24F4N2O3. The van der Waals surface area contributed by atoms with E-state index >= 15 is 8.78 Å². The van der Waals surface area contributed by atoms with Crippen LogP contribution in [0.5, 0.6) is 0 Å². The van der Waals surface area contributed by atoms with Gasteiger partial charge in [0, 0.05) is 29.3 Å². The predicted octanol–water partition coefficient (Wildman–Crippen LogP) is 4.98. The number of carbonyl (C=O) groups is 3. The van der Waals surface area contributed by atoms with Gasteiger partial charge in [0.1, 0.15) is 17.4 Å². The monoisotopic (exact) mass is 476 g/mol. The fraction of sp³-hybridized carbons (Fsp3) is 0.400. The van der Waals surface area contributed by atoms with Crippen molar-refractivity contribution in [2.45, 2.75) is 57.5 Å². The number of piperidine rings is 1. The summed E-state index contributed by atoms with van der Waals surface area (Å²) in [4.78, 5) is 38.4. The van der Waals surface area contributed by atoms with Crippen LogP contribution in [0.4, 0.5) is 23.2 Å². The van der Waals surface area contributed by atoms with Crippen LogP contribution in [0.2, 0.25) is 0 Å². The van der Waals surface area contributed by atoms with Crippen LogP contribution in [-0.4, -0.2) is 34.6 Å². The number of ketones is 1. The highest BCUT2D eigenvalue weighted by molar-refractivity contribution is 6.04. The van der Waals surface area contributed by atoms with Gasteiger partial charge < -0.3 is 10.2 Å². The number of nitrogens with one attached hydrogen (secondary N) is 1. The van der Waals surface area contributed by atoms with Crippen LogP contribution in [0, 0.1) is 24.5 Å². The molecule has 9 heteroatoms. The second-order valence-corrected chi connectivity index (χ2v) is 9.06. The van der Waals surface area contributed by atoms with Crippen LogP contribution in [-0.2, 0) is 15.5 Å². The number of hydrogen-bond acceptors (Lipinski definition) is 3. The van der Waals surface area contributed by atoms with Crippen molar-refractivity contribution < 1.29 is 31.9 Å². The molecule has 2 saturated heterocycles. The molecule has 2 amide bonds. The zero-order valence-corrected chi connectivity index (χ0v) is 18.7. The Morgan fingerprint density at radius 3 is 2.18 bits per heavy atom.